The molecule has 25 heavy (non-hydrogen) atoms. The Morgan fingerprint density at radius 2 is 2.20 bits per heavy atom. The van der Waals surface area contributed by atoms with E-state index in [9.17, 15) is 4.79 Å². The molecule has 3 rings (SSSR count). The number of aliphatic imine (C=N–C) groups is 1. The predicted octanol–water partition coefficient (Wildman–Crippen LogP) is 3.72. The minimum absolute atomic E-state index is 0.165. The van der Waals surface area contributed by atoms with Crippen LogP contribution >= 0.6 is 23.5 Å². The highest BCUT2D eigenvalue weighted by Crippen LogP contribution is 2.36. The van der Waals surface area contributed by atoms with E-state index in [2.05, 4.69) is 22.2 Å². The number of carbonyl (C=O) groups excluding carboxylic acids is 1. The average molecular weight is 373 g/mol. The number of hydrogen-bond donors (Lipinski definition) is 2. The van der Waals surface area contributed by atoms with Gasteiger partial charge in [0.2, 0.25) is 0 Å². The first-order chi connectivity index (χ1) is 12.0. The number of nitrogens with one attached hydrogen (secondary N) is 1. The zero-order valence-corrected chi connectivity index (χ0v) is 15.8. The number of carbonyl (C=O) groups is 1. The van der Waals surface area contributed by atoms with Crippen LogP contribution in [0.2, 0.25) is 0 Å². The molecule has 0 spiro atoms. The van der Waals surface area contributed by atoms with Gasteiger partial charge in [-0.3, -0.25) is 9.79 Å². The fraction of sp³-hybridized carbons (Fsp3) is 0.278. The van der Waals surface area contributed by atoms with Crippen molar-refractivity contribution in [1.29, 1.82) is 0 Å². The quantitative estimate of drug-likeness (QED) is 0.800. The molecular weight excluding hydrogens is 352 g/mol. The molecule has 7 heteroatoms. The lowest BCUT2D eigenvalue weighted by atomic mass is 9.89. The minimum atomic E-state index is -0.352. The van der Waals surface area contributed by atoms with Gasteiger partial charge in [0.15, 0.2) is 5.17 Å². The third-order valence-corrected chi connectivity index (χ3v) is 5.65. The second-order valence-corrected chi connectivity index (χ2v) is 7.83. The molecule has 1 aliphatic heterocycles. The number of amides is 1. The van der Waals surface area contributed by atoms with Crippen molar-refractivity contribution >= 4 is 40.3 Å². The molecule has 0 aliphatic carbocycles. The summed E-state index contributed by atoms with van der Waals surface area (Å²) in [6.45, 7) is 2.08. The molecule has 3 N–H and O–H groups in total. The maximum Gasteiger partial charge on any atom is 0.258 e. The number of pyridine rings is 1. The molecule has 0 bridgehead atoms. The van der Waals surface area contributed by atoms with Gasteiger partial charge in [-0.2, -0.15) is 0 Å². The van der Waals surface area contributed by atoms with E-state index in [1.807, 2.05) is 30.5 Å². The molecule has 1 unspecified atom stereocenters. The number of amidine groups is 1. The summed E-state index contributed by atoms with van der Waals surface area (Å²) in [4.78, 5) is 21.5. The van der Waals surface area contributed by atoms with Gasteiger partial charge in [0.1, 0.15) is 5.03 Å². The van der Waals surface area contributed by atoms with Gasteiger partial charge < -0.3 is 11.1 Å². The van der Waals surface area contributed by atoms with Crippen LogP contribution in [0.15, 0.2) is 52.6 Å². The highest BCUT2D eigenvalue weighted by atomic mass is 32.2. The van der Waals surface area contributed by atoms with Gasteiger partial charge in [0, 0.05) is 17.6 Å². The Labute approximate surface area is 155 Å². The maximum atomic E-state index is 12.6. The third kappa shape index (κ3) is 3.99. The van der Waals surface area contributed by atoms with Crippen LogP contribution in [0.5, 0.6) is 0 Å². The monoisotopic (exact) mass is 372 g/mol. The lowest BCUT2D eigenvalue weighted by Crippen LogP contribution is -2.28. The van der Waals surface area contributed by atoms with E-state index in [4.69, 9.17) is 5.73 Å². The number of nitrogens with two attached hydrogens (primary N) is 1. The van der Waals surface area contributed by atoms with E-state index in [0.717, 1.165) is 23.4 Å². The van der Waals surface area contributed by atoms with Gasteiger partial charge in [-0.25, -0.2) is 4.98 Å². The maximum absolute atomic E-state index is 12.6. The Morgan fingerprint density at radius 1 is 1.36 bits per heavy atom. The van der Waals surface area contributed by atoms with Crippen LogP contribution in [0.25, 0.3) is 0 Å². The van der Waals surface area contributed by atoms with Gasteiger partial charge in [0.05, 0.1) is 11.1 Å². The van der Waals surface area contributed by atoms with Gasteiger partial charge in [-0.1, -0.05) is 23.9 Å². The molecule has 0 radical (unpaired) electrons. The van der Waals surface area contributed by atoms with Crippen molar-refractivity contribution in [3.05, 3.63) is 53.7 Å². The molecule has 0 saturated heterocycles. The minimum Gasteiger partial charge on any atom is -0.379 e. The molecule has 5 nitrogen and oxygen atoms in total. The van der Waals surface area contributed by atoms with Gasteiger partial charge in [-0.15, -0.1) is 11.8 Å². The summed E-state index contributed by atoms with van der Waals surface area (Å²) in [6, 6.07) is 11.4. The Hall–Kier alpha value is -1.99. The summed E-state index contributed by atoms with van der Waals surface area (Å²) in [7, 11) is 0. The Bertz CT molecular complexity index is 824. The second-order valence-electron chi connectivity index (χ2n) is 5.92. The van der Waals surface area contributed by atoms with E-state index in [-0.39, 0.29) is 11.4 Å². The molecular formula is C18H20N4OS2. The van der Waals surface area contributed by atoms with Crippen LogP contribution in [-0.4, -0.2) is 28.1 Å². The number of thioether (sulfide) groups is 2. The molecule has 1 atom stereocenters. The summed E-state index contributed by atoms with van der Waals surface area (Å²) in [5.41, 5.74) is 7.92. The van der Waals surface area contributed by atoms with Gasteiger partial charge in [-0.05, 0) is 49.4 Å². The van der Waals surface area contributed by atoms with Crippen LogP contribution in [0.4, 0.5) is 5.69 Å². The molecule has 2 heterocycles. The summed E-state index contributed by atoms with van der Waals surface area (Å²) in [6.07, 6.45) is 4.51. The molecule has 1 aromatic heterocycles. The first-order valence-electron chi connectivity index (χ1n) is 7.91. The Balaban J connectivity index is 1.85. The summed E-state index contributed by atoms with van der Waals surface area (Å²) in [5.74, 6) is 0.775. The number of rotatable bonds is 4. The number of anilines is 1. The molecule has 1 aromatic carbocycles. The third-order valence-electron chi connectivity index (χ3n) is 4.15. The summed E-state index contributed by atoms with van der Waals surface area (Å²) >= 11 is 3.03. The largest absolute Gasteiger partial charge is 0.379 e. The number of benzene rings is 1. The van der Waals surface area contributed by atoms with Crippen LogP contribution < -0.4 is 11.1 Å². The van der Waals surface area contributed by atoms with Crippen molar-refractivity contribution in [2.45, 2.75) is 23.9 Å². The zero-order valence-electron chi connectivity index (χ0n) is 14.2. The Kier molecular flexibility index (Phi) is 5.34. The fourth-order valence-electron chi connectivity index (χ4n) is 2.75. The standard InChI is InChI=1S/C18H20N4OS2/c1-18(8-10-25-17(19)22-18)12-5-3-6-13(11-12)21-15(23)14-7-4-9-20-16(14)24-2/h3-7,9,11H,8,10H2,1-2H3,(H2,19,22)(H,21,23). The van der Waals surface area contributed by atoms with E-state index >= 15 is 0 Å². The van der Waals surface area contributed by atoms with Gasteiger partial charge in [0.25, 0.3) is 5.91 Å². The molecule has 1 aliphatic rings. The van der Waals surface area contributed by atoms with E-state index in [1.165, 1.54) is 11.8 Å². The van der Waals surface area contributed by atoms with Crippen LogP contribution in [0.3, 0.4) is 0 Å². The van der Waals surface area contributed by atoms with E-state index in [1.54, 1.807) is 30.1 Å². The Morgan fingerprint density at radius 3 is 2.96 bits per heavy atom. The summed E-state index contributed by atoms with van der Waals surface area (Å²) in [5, 5.41) is 4.29. The molecule has 2 aromatic rings. The second kappa shape index (κ2) is 7.49. The van der Waals surface area contributed by atoms with Crippen molar-refractivity contribution in [2.24, 2.45) is 10.7 Å². The van der Waals surface area contributed by atoms with Crippen molar-refractivity contribution in [3.63, 3.8) is 0 Å². The van der Waals surface area contributed by atoms with Gasteiger partial charge >= 0.3 is 0 Å². The van der Waals surface area contributed by atoms with E-state index in [0.29, 0.717) is 15.8 Å². The van der Waals surface area contributed by atoms with E-state index < -0.39 is 0 Å². The van der Waals surface area contributed by atoms with Crippen molar-refractivity contribution < 1.29 is 4.79 Å². The first kappa shape index (κ1) is 17.8. The smallest absolute Gasteiger partial charge is 0.258 e. The average Bonchev–Trinajstić information content (AvgIpc) is 2.61. The van der Waals surface area contributed by atoms with Crippen molar-refractivity contribution in [1.82, 2.24) is 4.98 Å². The molecule has 0 fully saturated rings. The van der Waals surface area contributed by atoms with Crippen molar-refractivity contribution in [3.8, 4) is 0 Å². The topological polar surface area (TPSA) is 80.4 Å². The molecule has 1 amide bonds. The predicted molar refractivity (Wildman–Crippen MR) is 106 cm³/mol. The SMILES string of the molecule is CSc1ncccc1C(=O)Nc1cccc(C2(C)CCSC(N)=N2)c1. The lowest BCUT2D eigenvalue weighted by molar-refractivity contribution is 0.102. The summed E-state index contributed by atoms with van der Waals surface area (Å²) < 4.78 is 0. The molecule has 130 valence electrons. The normalized spacial score (nSPS) is 20.0. The lowest BCUT2D eigenvalue weighted by Gasteiger charge is -2.30. The number of aromatic nitrogens is 1. The van der Waals surface area contributed by atoms with Crippen molar-refractivity contribution in [2.75, 3.05) is 17.3 Å². The fourth-order valence-corrected chi connectivity index (χ4v) is 4.27. The highest BCUT2D eigenvalue weighted by Gasteiger charge is 2.29. The zero-order chi connectivity index (χ0) is 17.9. The first-order valence-corrected chi connectivity index (χ1v) is 10.1. The van der Waals surface area contributed by atoms with Crippen LogP contribution in [0, 0.1) is 0 Å². The van der Waals surface area contributed by atoms with Crippen LogP contribution in [0.1, 0.15) is 29.3 Å². The van der Waals surface area contributed by atoms with Crippen LogP contribution in [-0.2, 0) is 5.54 Å². The number of hydrogen-bond acceptors (Lipinski definition) is 6. The number of nitrogens with zero attached hydrogens (tertiary/aromatic N) is 2. The highest BCUT2D eigenvalue weighted by molar-refractivity contribution is 8.13. The molecule has 0 saturated carbocycles.